The molecule has 1 unspecified atom stereocenters. The molecule has 0 heterocycles. The summed E-state index contributed by atoms with van der Waals surface area (Å²) in [6, 6.07) is 11.4. The van der Waals surface area contributed by atoms with Gasteiger partial charge in [-0.15, -0.1) is 11.8 Å². The highest BCUT2D eigenvalue weighted by Gasteiger charge is 2.19. The third-order valence-corrected chi connectivity index (χ3v) is 5.52. The number of benzene rings is 2. The first-order valence-electron chi connectivity index (χ1n) is 9.33. The molecular weight excluding hydrogens is 420 g/mol. The van der Waals surface area contributed by atoms with E-state index in [-0.39, 0.29) is 11.5 Å². The average Bonchev–Trinajstić information content (AvgIpc) is 2.72. The Hall–Kier alpha value is -3.59. The van der Waals surface area contributed by atoms with E-state index in [0.717, 1.165) is 22.6 Å². The number of thioether (sulfide) groups is 1. The minimum Gasteiger partial charge on any atom is -0.478 e. The van der Waals surface area contributed by atoms with Crippen molar-refractivity contribution in [3.63, 3.8) is 0 Å². The number of carboxylic acids is 2. The van der Waals surface area contributed by atoms with E-state index in [1.807, 2.05) is 6.92 Å². The van der Waals surface area contributed by atoms with Gasteiger partial charge in [-0.25, -0.2) is 9.59 Å². The Kier molecular flexibility index (Phi) is 8.39. The average molecular weight is 442 g/mol. The van der Waals surface area contributed by atoms with Gasteiger partial charge in [-0.1, -0.05) is 19.1 Å². The van der Waals surface area contributed by atoms with Crippen LogP contribution in [0.25, 0.3) is 0 Å². The van der Waals surface area contributed by atoms with Crippen LogP contribution in [0.15, 0.2) is 59.5 Å². The molecule has 4 N–H and O–H groups in total. The summed E-state index contributed by atoms with van der Waals surface area (Å²) in [6.45, 7) is 3.64. The maximum absolute atomic E-state index is 12.8. The van der Waals surface area contributed by atoms with E-state index < -0.39 is 23.1 Å². The largest absolute Gasteiger partial charge is 0.478 e. The SMILES string of the molecule is CCC(Sc1cccc(NC(=O)/C=C/C(=O)O)c1)C(=O)Nc1cc(C(=O)O)ccc1C. The quantitative estimate of drug-likeness (QED) is 0.343. The minimum atomic E-state index is -1.22. The van der Waals surface area contributed by atoms with Gasteiger partial charge in [0.1, 0.15) is 0 Å². The Bertz CT molecular complexity index is 1030. The summed E-state index contributed by atoms with van der Waals surface area (Å²) in [5.74, 6) is -3.14. The van der Waals surface area contributed by atoms with E-state index in [9.17, 15) is 19.2 Å². The standard InChI is InChI=1S/C22H22N2O6S/c1-3-18(21(28)24-17-11-14(22(29)30)8-7-13(17)2)31-16-6-4-5-15(12-16)23-19(25)9-10-20(26)27/h4-12,18H,3H2,1-2H3,(H,23,25)(H,24,28)(H,26,27)(H,29,30)/b10-9+. The molecule has 2 rings (SSSR count). The van der Waals surface area contributed by atoms with Gasteiger partial charge < -0.3 is 20.8 Å². The van der Waals surface area contributed by atoms with Gasteiger partial charge in [0.2, 0.25) is 11.8 Å². The molecule has 0 saturated carbocycles. The highest BCUT2D eigenvalue weighted by molar-refractivity contribution is 8.00. The predicted molar refractivity (Wildman–Crippen MR) is 119 cm³/mol. The molecule has 31 heavy (non-hydrogen) atoms. The summed E-state index contributed by atoms with van der Waals surface area (Å²) >= 11 is 1.30. The van der Waals surface area contributed by atoms with E-state index in [1.165, 1.54) is 23.9 Å². The molecule has 2 amide bonds. The van der Waals surface area contributed by atoms with Crippen molar-refractivity contribution in [2.75, 3.05) is 10.6 Å². The van der Waals surface area contributed by atoms with Crippen LogP contribution in [-0.2, 0) is 14.4 Å². The summed E-state index contributed by atoms with van der Waals surface area (Å²) in [5, 5.41) is 22.6. The lowest BCUT2D eigenvalue weighted by molar-refractivity contribution is -0.131. The van der Waals surface area contributed by atoms with Crippen molar-refractivity contribution in [2.24, 2.45) is 0 Å². The second kappa shape index (κ2) is 11.0. The summed E-state index contributed by atoms with van der Waals surface area (Å²) in [6.07, 6.45) is 2.18. The van der Waals surface area contributed by atoms with Crippen LogP contribution in [0.3, 0.4) is 0 Å². The van der Waals surface area contributed by atoms with E-state index in [0.29, 0.717) is 17.8 Å². The van der Waals surface area contributed by atoms with Gasteiger partial charge >= 0.3 is 11.9 Å². The van der Waals surface area contributed by atoms with Crippen molar-refractivity contribution in [1.82, 2.24) is 0 Å². The first-order valence-corrected chi connectivity index (χ1v) is 10.2. The number of carbonyl (C=O) groups excluding carboxylic acids is 2. The molecule has 0 spiro atoms. The Balaban J connectivity index is 2.10. The highest BCUT2D eigenvalue weighted by Crippen LogP contribution is 2.29. The molecular formula is C22H22N2O6S. The van der Waals surface area contributed by atoms with Crippen LogP contribution in [0.4, 0.5) is 11.4 Å². The van der Waals surface area contributed by atoms with E-state index in [4.69, 9.17) is 10.2 Å². The molecule has 1 atom stereocenters. The number of carboxylic acid groups (broad SMARTS) is 2. The normalized spacial score (nSPS) is 11.7. The van der Waals surface area contributed by atoms with Gasteiger partial charge in [-0.3, -0.25) is 9.59 Å². The Morgan fingerprint density at radius 2 is 1.77 bits per heavy atom. The van der Waals surface area contributed by atoms with Crippen LogP contribution in [-0.4, -0.2) is 39.2 Å². The summed E-state index contributed by atoms with van der Waals surface area (Å²) in [5.41, 5.74) is 1.74. The third kappa shape index (κ3) is 7.31. The smallest absolute Gasteiger partial charge is 0.335 e. The molecule has 0 aliphatic heterocycles. The van der Waals surface area contributed by atoms with Gasteiger partial charge in [0, 0.05) is 28.4 Å². The highest BCUT2D eigenvalue weighted by atomic mass is 32.2. The molecule has 0 aliphatic carbocycles. The lowest BCUT2D eigenvalue weighted by Gasteiger charge is -2.17. The number of hydrogen-bond acceptors (Lipinski definition) is 5. The van der Waals surface area contributed by atoms with E-state index >= 15 is 0 Å². The molecule has 0 radical (unpaired) electrons. The molecule has 2 aromatic carbocycles. The number of aryl methyl sites for hydroxylation is 1. The van der Waals surface area contributed by atoms with Crippen LogP contribution in [0.2, 0.25) is 0 Å². The zero-order valence-electron chi connectivity index (χ0n) is 16.9. The zero-order chi connectivity index (χ0) is 23.0. The van der Waals surface area contributed by atoms with Crippen molar-refractivity contribution in [3.05, 3.63) is 65.7 Å². The fourth-order valence-electron chi connectivity index (χ4n) is 2.57. The molecule has 9 heteroatoms. The van der Waals surface area contributed by atoms with Crippen LogP contribution >= 0.6 is 11.8 Å². The van der Waals surface area contributed by atoms with Gasteiger partial charge in [0.25, 0.3) is 0 Å². The van der Waals surface area contributed by atoms with Gasteiger partial charge in [0.15, 0.2) is 0 Å². The Morgan fingerprint density at radius 1 is 1.03 bits per heavy atom. The maximum Gasteiger partial charge on any atom is 0.335 e. The minimum absolute atomic E-state index is 0.0852. The van der Waals surface area contributed by atoms with Gasteiger partial charge in [0.05, 0.1) is 10.8 Å². The van der Waals surface area contributed by atoms with Crippen LogP contribution in [0, 0.1) is 6.92 Å². The van der Waals surface area contributed by atoms with E-state index in [2.05, 4.69) is 10.6 Å². The van der Waals surface area contributed by atoms with Crippen LogP contribution < -0.4 is 10.6 Å². The van der Waals surface area contributed by atoms with Crippen molar-refractivity contribution >= 4 is 46.9 Å². The second-order valence-corrected chi connectivity index (χ2v) is 7.80. The first kappa shape index (κ1) is 23.7. The van der Waals surface area contributed by atoms with Crippen molar-refractivity contribution < 1.29 is 29.4 Å². The van der Waals surface area contributed by atoms with Crippen molar-refractivity contribution in [3.8, 4) is 0 Å². The number of rotatable bonds is 9. The summed E-state index contributed by atoms with van der Waals surface area (Å²) < 4.78 is 0. The van der Waals surface area contributed by atoms with Crippen molar-refractivity contribution in [1.29, 1.82) is 0 Å². The lowest BCUT2D eigenvalue weighted by Crippen LogP contribution is -2.25. The number of aliphatic carboxylic acids is 1. The fraction of sp³-hybridized carbons (Fsp3) is 0.182. The molecule has 2 aromatic rings. The number of anilines is 2. The van der Waals surface area contributed by atoms with Gasteiger partial charge in [-0.05, 0) is 49.2 Å². The van der Waals surface area contributed by atoms with Crippen molar-refractivity contribution in [2.45, 2.75) is 30.4 Å². The number of aromatic carboxylic acids is 1. The number of hydrogen-bond donors (Lipinski definition) is 4. The molecule has 162 valence electrons. The first-order chi connectivity index (χ1) is 14.7. The van der Waals surface area contributed by atoms with Crippen LogP contribution in [0.5, 0.6) is 0 Å². The molecule has 0 aliphatic rings. The molecule has 0 fully saturated rings. The summed E-state index contributed by atoms with van der Waals surface area (Å²) in [7, 11) is 0. The zero-order valence-corrected chi connectivity index (χ0v) is 17.7. The Labute approximate surface area is 183 Å². The topological polar surface area (TPSA) is 133 Å². The predicted octanol–water partition coefficient (Wildman–Crippen LogP) is 3.78. The Morgan fingerprint density at radius 3 is 2.42 bits per heavy atom. The summed E-state index contributed by atoms with van der Waals surface area (Å²) in [4.78, 5) is 46.9. The molecule has 0 aromatic heterocycles. The number of amides is 2. The van der Waals surface area contributed by atoms with Crippen LogP contribution in [0.1, 0.15) is 29.3 Å². The maximum atomic E-state index is 12.8. The van der Waals surface area contributed by atoms with Gasteiger partial charge in [-0.2, -0.15) is 0 Å². The third-order valence-electron chi connectivity index (χ3n) is 4.16. The lowest BCUT2D eigenvalue weighted by atomic mass is 10.1. The fourth-order valence-corrected chi connectivity index (χ4v) is 3.58. The molecule has 0 saturated heterocycles. The number of carbonyl (C=O) groups is 4. The van der Waals surface area contributed by atoms with E-state index in [1.54, 1.807) is 37.3 Å². The molecule has 0 bridgehead atoms. The monoisotopic (exact) mass is 442 g/mol. The molecule has 8 nitrogen and oxygen atoms in total. The second-order valence-electron chi connectivity index (χ2n) is 6.53. The number of nitrogens with one attached hydrogen (secondary N) is 2.